The molecule has 1 aromatic carbocycles. The molecule has 4 atom stereocenters. The number of aryl methyl sites for hydroxylation is 1. The number of amides is 1. The predicted molar refractivity (Wildman–Crippen MR) is 130 cm³/mol. The highest BCUT2D eigenvalue weighted by atomic mass is 28.4. The smallest absolute Gasteiger partial charge is 0.269 e. The molecule has 2 aromatic rings. The summed E-state index contributed by atoms with van der Waals surface area (Å²) in [6.45, 7) is 9.96. The van der Waals surface area contributed by atoms with Crippen molar-refractivity contribution in [3.63, 3.8) is 0 Å². The summed E-state index contributed by atoms with van der Waals surface area (Å²) < 4.78 is 8.27. The lowest BCUT2D eigenvalue weighted by atomic mass is 9.82. The highest BCUT2D eigenvalue weighted by molar-refractivity contribution is 6.71. The van der Waals surface area contributed by atoms with Gasteiger partial charge in [-0.05, 0) is 25.6 Å². The Kier molecular flexibility index (Phi) is 6.66. The van der Waals surface area contributed by atoms with Crippen LogP contribution in [0.25, 0.3) is 0 Å². The number of carbonyl (C=O) groups is 1. The first-order valence-electron chi connectivity index (χ1n) is 11.7. The fourth-order valence-electron chi connectivity index (χ4n) is 5.70. The number of anilines is 1. The maximum atomic E-state index is 13.9. The van der Waals surface area contributed by atoms with Crippen molar-refractivity contribution < 1.29 is 24.4 Å². The molecular formula is C23H31N5O6Si. The van der Waals surface area contributed by atoms with E-state index in [0.29, 0.717) is 36.3 Å². The third kappa shape index (κ3) is 4.20. The van der Waals surface area contributed by atoms with Crippen LogP contribution in [0.4, 0.5) is 11.4 Å². The Bertz CT molecular complexity index is 1150. The minimum absolute atomic E-state index is 0.0221. The van der Waals surface area contributed by atoms with Gasteiger partial charge in [0.1, 0.15) is 0 Å². The second kappa shape index (κ2) is 9.26. The predicted octanol–water partition coefficient (Wildman–Crippen LogP) is 2.14. The fraction of sp³-hybridized carbons (Fsp3) is 0.522. The second-order valence-electron chi connectivity index (χ2n) is 9.76. The first-order valence-corrected chi connectivity index (χ1v) is 14.7. The zero-order chi connectivity index (χ0) is 25.5. The van der Waals surface area contributed by atoms with E-state index in [1.807, 2.05) is 20.0 Å². The van der Waals surface area contributed by atoms with Gasteiger partial charge in [-0.2, -0.15) is 0 Å². The van der Waals surface area contributed by atoms with Gasteiger partial charge >= 0.3 is 0 Å². The quantitative estimate of drug-likeness (QED) is 0.230. The van der Waals surface area contributed by atoms with Crippen molar-refractivity contribution in [2.45, 2.75) is 56.7 Å². The minimum Gasteiger partial charge on any atom is -0.432 e. The normalized spacial score (nSPS) is 25.9. The summed E-state index contributed by atoms with van der Waals surface area (Å²) in [6, 6.07) is 4.40. The number of ether oxygens (including phenoxy) is 1. The Labute approximate surface area is 204 Å². The van der Waals surface area contributed by atoms with Gasteiger partial charge in [-0.15, -0.1) is 11.7 Å². The summed E-state index contributed by atoms with van der Waals surface area (Å²) in [4.78, 5) is 37.8. The van der Waals surface area contributed by atoms with Gasteiger partial charge in [0.2, 0.25) is 0 Å². The van der Waals surface area contributed by atoms with Crippen LogP contribution in [0.1, 0.15) is 24.6 Å². The number of fused-ring (bicyclic) bond motifs is 2. The van der Waals surface area contributed by atoms with E-state index < -0.39 is 30.9 Å². The number of aliphatic hydroxyl groups is 1. The number of nitro benzene ring substituents is 1. The van der Waals surface area contributed by atoms with E-state index in [1.54, 1.807) is 27.9 Å². The third-order valence-corrected chi connectivity index (χ3v) is 9.59. The molecule has 0 radical (unpaired) electrons. The van der Waals surface area contributed by atoms with Crippen molar-refractivity contribution in [1.82, 2.24) is 15.0 Å². The highest BCUT2D eigenvalue weighted by Gasteiger charge is 2.66. The number of benzene rings is 1. The van der Waals surface area contributed by atoms with Crippen LogP contribution in [0, 0.1) is 16.0 Å². The molecule has 0 saturated carbocycles. The van der Waals surface area contributed by atoms with Gasteiger partial charge < -0.3 is 19.5 Å². The Hall–Kier alpha value is -2.93. The Morgan fingerprint density at radius 2 is 2.14 bits per heavy atom. The molecule has 2 aliphatic heterocycles. The topological polar surface area (TPSA) is 144 Å². The average Bonchev–Trinajstić information content (AvgIpc) is 3.43. The molecule has 2 aliphatic rings. The van der Waals surface area contributed by atoms with Crippen LogP contribution < -0.4 is 4.90 Å². The number of carbonyl (C=O) groups excluding carboxylic acids is 1. The monoisotopic (exact) mass is 501 g/mol. The van der Waals surface area contributed by atoms with Crippen molar-refractivity contribution in [3.05, 3.63) is 58.4 Å². The molecule has 12 heteroatoms. The van der Waals surface area contributed by atoms with Crippen LogP contribution >= 0.6 is 0 Å². The van der Waals surface area contributed by atoms with Gasteiger partial charge in [0.15, 0.2) is 13.9 Å². The summed E-state index contributed by atoms with van der Waals surface area (Å²) in [7, 11) is -2.84. The SMILES string of the molecule is C=CCN1C(=O)[C@@]2(O[C@@H](CCn3cc(CCO)nn3)[C@H]([Si](C)(C)O)[C@H]2C)c2cc([N+](=O)[O-])ccc21. The third-order valence-electron chi connectivity index (χ3n) is 7.09. The first kappa shape index (κ1) is 25.2. The molecule has 11 nitrogen and oxygen atoms in total. The van der Waals surface area contributed by atoms with Gasteiger partial charge in [0, 0.05) is 61.5 Å². The molecule has 1 fully saturated rings. The number of hydrogen-bond acceptors (Lipinski definition) is 8. The number of aromatic nitrogens is 3. The van der Waals surface area contributed by atoms with E-state index in [4.69, 9.17) is 9.84 Å². The van der Waals surface area contributed by atoms with Gasteiger partial charge in [0.25, 0.3) is 11.6 Å². The molecule has 0 bridgehead atoms. The molecule has 1 aromatic heterocycles. The lowest BCUT2D eigenvalue weighted by molar-refractivity contribution is -0.385. The van der Waals surface area contributed by atoms with Crippen molar-refractivity contribution in [3.8, 4) is 0 Å². The molecule has 1 spiro atoms. The largest absolute Gasteiger partial charge is 0.432 e. The molecule has 0 aliphatic carbocycles. The summed E-state index contributed by atoms with van der Waals surface area (Å²) in [5.74, 6) is -0.708. The van der Waals surface area contributed by atoms with Crippen LogP contribution in [0.3, 0.4) is 0 Å². The zero-order valence-corrected chi connectivity index (χ0v) is 21.1. The second-order valence-corrected chi connectivity index (χ2v) is 13.7. The van der Waals surface area contributed by atoms with Gasteiger partial charge in [-0.25, -0.2) is 0 Å². The molecule has 188 valence electrons. The average molecular weight is 502 g/mol. The summed E-state index contributed by atoms with van der Waals surface area (Å²) >= 11 is 0. The number of nitrogens with zero attached hydrogens (tertiary/aromatic N) is 5. The Morgan fingerprint density at radius 1 is 1.40 bits per heavy atom. The maximum absolute atomic E-state index is 13.9. The van der Waals surface area contributed by atoms with Crippen LogP contribution in [0.2, 0.25) is 18.6 Å². The van der Waals surface area contributed by atoms with Gasteiger partial charge in [-0.3, -0.25) is 19.6 Å². The van der Waals surface area contributed by atoms with Crippen LogP contribution in [-0.2, 0) is 28.1 Å². The van der Waals surface area contributed by atoms with Crippen LogP contribution in [-0.4, -0.2) is 63.3 Å². The number of rotatable bonds is 9. The molecule has 3 heterocycles. The zero-order valence-electron chi connectivity index (χ0n) is 20.1. The fourth-order valence-corrected chi connectivity index (χ4v) is 8.30. The molecule has 1 amide bonds. The van der Waals surface area contributed by atoms with E-state index in [0.717, 1.165) is 0 Å². The van der Waals surface area contributed by atoms with E-state index in [2.05, 4.69) is 16.9 Å². The van der Waals surface area contributed by atoms with E-state index >= 15 is 0 Å². The molecule has 2 N–H and O–H groups in total. The van der Waals surface area contributed by atoms with Gasteiger partial charge in [-0.1, -0.05) is 18.2 Å². The molecule has 4 rings (SSSR count). The van der Waals surface area contributed by atoms with E-state index in [-0.39, 0.29) is 30.3 Å². The number of nitro groups is 1. The van der Waals surface area contributed by atoms with Crippen LogP contribution in [0.5, 0.6) is 0 Å². The number of non-ortho nitro benzene ring substituents is 1. The molecular weight excluding hydrogens is 470 g/mol. The van der Waals surface area contributed by atoms with Crippen molar-refractivity contribution in [2.75, 3.05) is 18.1 Å². The summed E-state index contributed by atoms with van der Waals surface area (Å²) in [6.07, 6.45) is 3.77. The maximum Gasteiger partial charge on any atom is 0.269 e. The minimum atomic E-state index is -2.84. The van der Waals surface area contributed by atoms with Crippen molar-refractivity contribution >= 4 is 25.6 Å². The number of aliphatic hydroxyl groups excluding tert-OH is 1. The lowest BCUT2D eigenvalue weighted by Crippen LogP contribution is -2.46. The highest BCUT2D eigenvalue weighted by Crippen LogP contribution is 2.60. The molecule has 1 saturated heterocycles. The standard InChI is InChI=1S/C23H31N5O6Si/c1-5-10-27-19-7-6-17(28(31)32)13-18(19)23(22(27)30)15(2)21(35(3,4)33)20(34-23)8-11-26-14-16(9-12-29)24-25-26/h5-7,13-15,20-21,29,33H,1,8-12H2,2-4H3/t15-,20+,21-,23+/m1/s1. The van der Waals surface area contributed by atoms with Crippen molar-refractivity contribution in [1.29, 1.82) is 0 Å². The first-order chi connectivity index (χ1) is 16.5. The lowest BCUT2D eigenvalue weighted by Gasteiger charge is -2.32. The molecule has 0 unspecified atom stereocenters. The van der Waals surface area contributed by atoms with E-state index in [1.165, 1.54) is 12.1 Å². The summed E-state index contributed by atoms with van der Waals surface area (Å²) in [5.41, 5.74) is -0.159. The van der Waals surface area contributed by atoms with Crippen molar-refractivity contribution in [2.24, 2.45) is 5.92 Å². The Balaban J connectivity index is 1.74. The van der Waals surface area contributed by atoms with Crippen LogP contribution in [0.15, 0.2) is 37.1 Å². The van der Waals surface area contributed by atoms with Gasteiger partial charge in [0.05, 0.1) is 22.4 Å². The Morgan fingerprint density at radius 3 is 2.77 bits per heavy atom. The van der Waals surface area contributed by atoms with E-state index in [9.17, 15) is 19.7 Å². The molecule has 35 heavy (non-hydrogen) atoms. The summed E-state index contributed by atoms with van der Waals surface area (Å²) in [5, 5.41) is 28.8. The number of hydrogen-bond donors (Lipinski definition) is 2.